The first-order valence-electron chi connectivity index (χ1n) is 4.54. The Morgan fingerprint density at radius 3 is 2.29 bits per heavy atom. The van der Waals surface area contributed by atoms with Gasteiger partial charge in [-0.25, -0.2) is 4.79 Å². The van der Waals surface area contributed by atoms with Gasteiger partial charge in [0.15, 0.2) is 5.78 Å². The topological polar surface area (TPSA) is 43.4 Å². The molecule has 0 aromatic rings. The number of carbonyl (C=O) groups excluding carboxylic acids is 2. The van der Waals surface area contributed by atoms with E-state index < -0.39 is 5.97 Å². The Bertz CT molecular complexity index is 285. The van der Waals surface area contributed by atoms with Gasteiger partial charge in [0.2, 0.25) is 0 Å². The summed E-state index contributed by atoms with van der Waals surface area (Å²) < 4.78 is 4.53. The molecule has 0 aliphatic heterocycles. The van der Waals surface area contributed by atoms with Crippen LogP contribution in [0.15, 0.2) is 23.3 Å². The average Bonchev–Trinajstić information content (AvgIpc) is 2.22. The highest BCUT2D eigenvalue weighted by Gasteiger charge is 2.18. The van der Waals surface area contributed by atoms with Gasteiger partial charge >= 0.3 is 5.97 Å². The second-order valence-electron chi connectivity index (χ2n) is 2.82. The lowest BCUT2D eigenvalue weighted by atomic mass is 10.0. The summed E-state index contributed by atoms with van der Waals surface area (Å²) in [6, 6.07) is 0. The van der Waals surface area contributed by atoms with Crippen LogP contribution in [-0.2, 0) is 14.3 Å². The number of esters is 1. The molecule has 0 aromatic carbocycles. The third-order valence-electron chi connectivity index (χ3n) is 1.85. The first-order valence-corrected chi connectivity index (χ1v) is 4.54. The maximum absolute atomic E-state index is 11.6. The Morgan fingerprint density at radius 2 is 1.93 bits per heavy atom. The fourth-order valence-corrected chi connectivity index (χ4v) is 0.926. The predicted molar refractivity (Wildman–Crippen MR) is 54.8 cm³/mol. The van der Waals surface area contributed by atoms with Crippen LogP contribution >= 0.6 is 0 Å². The van der Waals surface area contributed by atoms with Crippen LogP contribution < -0.4 is 0 Å². The van der Waals surface area contributed by atoms with Gasteiger partial charge in [-0.1, -0.05) is 19.1 Å². The molecule has 78 valence electrons. The molecule has 0 bridgehead atoms. The zero-order valence-corrected chi connectivity index (χ0v) is 9.09. The lowest BCUT2D eigenvalue weighted by molar-refractivity contribution is -0.137. The number of hydrogen-bond acceptors (Lipinski definition) is 3. The van der Waals surface area contributed by atoms with Gasteiger partial charge in [0.25, 0.3) is 0 Å². The minimum Gasteiger partial charge on any atom is -0.465 e. The Morgan fingerprint density at radius 1 is 1.36 bits per heavy atom. The van der Waals surface area contributed by atoms with Crippen molar-refractivity contribution in [3.63, 3.8) is 0 Å². The molecule has 3 heteroatoms. The molecule has 0 spiro atoms. The minimum absolute atomic E-state index is 0.116. The Labute approximate surface area is 84.4 Å². The maximum Gasteiger partial charge on any atom is 0.341 e. The zero-order chi connectivity index (χ0) is 11.1. The van der Waals surface area contributed by atoms with Crippen LogP contribution in [0.1, 0.15) is 27.2 Å². The predicted octanol–water partition coefficient (Wildman–Crippen LogP) is 2.03. The molecular formula is C11H16O3. The van der Waals surface area contributed by atoms with Crippen molar-refractivity contribution >= 4 is 11.8 Å². The normalized spacial score (nSPS) is 12.6. The highest BCUT2D eigenvalue weighted by Crippen LogP contribution is 2.08. The summed E-state index contributed by atoms with van der Waals surface area (Å²) in [5.41, 5.74) is 0.667. The molecule has 3 nitrogen and oxygen atoms in total. The van der Waals surface area contributed by atoms with E-state index in [9.17, 15) is 9.59 Å². The lowest BCUT2D eigenvalue weighted by Crippen LogP contribution is -2.15. The molecule has 0 amide bonds. The second-order valence-corrected chi connectivity index (χ2v) is 2.82. The fraction of sp³-hybridized carbons (Fsp3) is 0.455. The standard InChI is InChI=1S/C11H16O3/c1-5-7-9(11(13)14-4)10(12)8(3)6-2/h6-7H,5H2,1-4H3/b8-6+,9-7+. The molecular weight excluding hydrogens is 180 g/mol. The van der Waals surface area contributed by atoms with Crippen LogP contribution in [-0.4, -0.2) is 18.9 Å². The van der Waals surface area contributed by atoms with Gasteiger partial charge < -0.3 is 4.74 Å². The van der Waals surface area contributed by atoms with E-state index >= 15 is 0 Å². The number of ketones is 1. The molecule has 0 atom stereocenters. The molecule has 0 saturated heterocycles. The van der Waals surface area contributed by atoms with Gasteiger partial charge in [-0.2, -0.15) is 0 Å². The molecule has 0 aliphatic rings. The second kappa shape index (κ2) is 6.13. The van der Waals surface area contributed by atoms with Crippen molar-refractivity contribution in [3.8, 4) is 0 Å². The molecule has 0 unspecified atom stereocenters. The zero-order valence-electron chi connectivity index (χ0n) is 9.09. The molecule has 0 radical (unpaired) electrons. The molecule has 0 aromatic heterocycles. The van der Waals surface area contributed by atoms with E-state index in [0.29, 0.717) is 12.0 Å². The number of carbonyl (C=O) groups is 2. The van der Waals surface area contributed by atoms with Gasteiger partial charge in [-0.15, -0.1) is 0 Å². The molecule has 0 heterocycles. The highest BCUT2D eigenvalue weighted by molar-refractivity contribution is 6.23. The summed E-state index contributed by atoms with van der Waals surface area (Å²) in [6.07, 6.45) is 3.89. The van der Waals surface area contributed by atoms with E-state index in [-0.39, 0.29) is 11.4 Å². The molecule has 0 rings (SSSR count). The SMILES string of the molecule is C/C=C(\C)C(=O)/C(=C\CC)C(=O)OC. The van der Waals surface area contributed by atoms with Gasteiger partial charge in [-0.05, 0) is 25.8 Å². The van der Waals surface area contributed by atoms with E-state index in [1.54, 1.807) is 26.0 Å². The van der Waals surface area contributed by atoms with Crippen molar-refractivity contribution in [1.82, 2.24) is 0 Å². The van der Waals surface area contributed by atoms with Crippen molar-refractivity contribution in [1.29, 1.82) is 0 Å². The van der Waals surface area contributed by atoms with Crippen LogP contribution in [0.2, 0.25) is 0 Å². The molecule has 0 aliphatic carbocycles. The average molecular weight is 196 g/mol. The van der Waals surface area contributed by atoms with Gasteiger partial charge in [0.05, 0.1) is 7.11 Å². The summed E-state index contributed by atoms with van der Waals surface area (Å²) >= 11 is 0. The quantitative estimate of drug-likeness (QED) is 0.299. The summed E-state index contributed by atoms with van der Waals surface area (Å²) in [5.74, 6) is -0.834. The molecule has 14 heavy (non-hydrogen) atoms. The highest BCUT2D eigenvalue weighted by atomic mass is 16.5. The van der Waals surface area contributed by atoms with Crippen LogP contribution in [0, 0.1) is 0 Å². The Hall–Kier alpha value is -1.38. The van der Waals surface area contributed by atoms with Crippen LogP contribution in [0.3, 0.4) is 0 Å². The number of methoxy groups -OCH3 is 1. The van der Waals surface area contributed by atoms with Crippen LogP contribution in [0.5, 0.6) is 0 Å². The Kier molecular flexibility index (Phi) is 5.53. The third-order valence-corrected chi connectivity index (χ3v) is 1.85. The summed E-state index contributed by atoms with van der Waals surface area (Å²) in [4.78, 5) is 22.9. The summed E-state index contributed by atoms with van der Waals surface area (Å²) in [7, 11) is 1.27. The number of Topliss-reactive ketones (excluding diaryl/α,β-unsaturated/α-hetero) is 1. The molecule has 0 N–H and O–H groups in total. The van der Waals surface area contributed by atoms with Crippen molar-refractivity contribution in [2.75, 3.05) is 7.11 Å². The third kappa shape index (κ3) is 3.17. The lowest BCUT2D eigenvalue weighted by Gasteiger charge is -2.03. The smallest absolute Gasteiger partial charge is 0.341 e. The Balaban J connectivity index is 4.95. The van der Waals surface area contributed by atoms with E-state index in [4.69, 9.17) is 0 Å². The van der Waals surface area contributed by atoms with Gasteiger partial charge in [0, 0.05) is 0 Å². The number of hydrogen-bond donors (Lipinski definition) is 0. The van der Waals surface area contributed by atoms with Gasteiger partial charge in [-0.3, -0.25) is 4.79 Å². The van der Waals surface area contributed by atoms with Crippen molar-refractivity contribution in [2.45, 2.75) is 27.2 Å². The van der Waals surface area contributed by atoms with Crippen molar-refractivity contribution in [3.05, 3.63) is 23.3 Å². The van der Waals surface area contributed by atoms with E-state index in [0.717, 1.165) is 0 Å². The van der Waals surface area contributed by atoms with Crippen LogP contribution in [0.25, 0.3) is 0 Å². The summed E-state index contributed by atoms with van der Waals surface area (Å²) in [6.45, 7) is 5.30. The van der Waals surface area contributed by atoms with Crippen molar-refractivity contribution < 1.29 is 14.3 Å². The maximum atomic E-state index is 11.6. The largest absolute Gasteiger partial charge is 0.465 e. The number of rotatable bonds is 4. The number of allylic oxidation sites excluding steroid dienone is 3. The first-order chi connectivity index (χ1) is 6.58. The van der Waals surface area contributed by atoms with Crippen molar-refractivity contribution in [2.24, 2.45) is 0 Å². The minimum atomic E-state index is -0.571. The molecule has 0 saturated carbocycles. The molecule has 0 fully saturated rings. The fourth-order valence-electron chi connectivity index (χ4n) is 0.926. The monoisotopic (exact) mass is 196 g/mol. The van der Waals surface area contributed by atoms with E-state index in [1.807, 2.05) is 6.92 Å². The van der Waals surface area contributed by atoms with Gasteiger partial charge in [0.1, 0.15) is 5.57 Å². The first kappa shape index (κ1) is 12.6. The van der Waals surface area contributed by atoms with E-state index in [2.05, 4.69) is 4.74 Å². The van der Waals surface area contributed by atoms with E-state index in [1.165, 1.54) is 7.11 Å². The van der Waals surface area contributed by atoms with Crippen LogP contribution in [0.4, 0.5) is 0 Å². The number of ether oxygens (including phenoxy) is 1. The summed E-state index contributed by atoms with van der Waals surface area (Å²) in [5, 5.41) is 0.